The Hall–Kier alpha value is -0.860. The summed E-state index contributed by atoms with van der Waals surface area (Å²) in [5.41, 5.74) is 1.54. The second-order valence-electron chi connectivity index (χ2n) is 3.87. The molecule has 0 aromatic carbocycles. The summed E-state index contributed by atoms with van der Waals surface area (Å²) in [6, 6.07) is 0. The highest BCUT2D eigenvalue weighted by Gasteiger charge is 2.37. The molecule has 0 amide bonds. The number of nitrogens with zero attached hydrogens (tertiary/aromatic N) is 3. The van der Waals surface area contributed by atoms with E-state index < -0.39 is 0 Å². The van der Waals surface area contributed by atoms with Gasteiger partial charge in [0.15, 0.2) is 0 Å². The molecule has 0 radical (unpaired) electrons. The van der Waals surface area contributed by atoms with Gasteiger partial charge in [0.1, 0.15) is 0 Å². The van der Waals surface area contributed by atoms with E-state index in [4.69, 9.17) is 0 Å². The van der Waals surface area contributed by atoms with Crippen molar-refractivity contribution in [3.8, 4) is 0 Å². The molecular weight excluding hydrogens is 138 g/mol. The molecule has 2 rings (SSSR count). The van der Waals surface area contributed by atoms with Gasteiger partial charge in [0.25, 0.3) is 0 Å². The minimum absolute atomic E-state index is 0.528. The lowest BCUT2D eigenvalue weighted by atomic mass is 10.1. The van der Waals surface area contributed by atoms with E-state index in [0.717, 1.165) is 12.2 Å². The summed E-state index contributed by atoms with van der Waals surface area (Å²) >= 11 is 0. The van der Waals surface area contributed by atoms with Crippen LogP contribution >= 0.6 is 0 Å². The molecule has 0 aliphatic heterocycles. The van der Waals surface area contributed by atoms with Crippen LogP contribution in [-0.2, 0) is 6.54 Å². The van der Waals surface area contributed by atoms with Crippen molar-refractivity contribution in [1.29, 1.82) is 0 Å². The number of aromatic nitrogens is 3. The quantitative estimate of drug-likeness (QED) is 0.639. The second-order valence-corrected chi connectivity index (χ2v) is 3.87. The van der Waals surface area contributed by atoms with E-state index in [1.807, 2.05) is 17.8 Å². The molecule has 1 aliphatic rings. The second kappa shape index (κ2) is 2.06. The van der Waals surface area contributed by atoms with Crippen molar-refractivity contribution >= 4 is 0 Å². The lowest BCUT2D eigenvalue weighted by Gasteiger charge is -2.05. The SMILES string of the molecule is Cc1cn(CC2(C)CC2)nn1. The molecule has 0 N–H and O–H groups in total. The molecule has 1 aromatic rings. The number of hydrogen-bond donors (Lipinski definition) is 0. The first-order valence-corrected chi connectivity index (χ1v) is 4.05. The van der Waals surface area contributed by atoms with E-state index in [0.29, 0.717) is 5.41 Å². The Kier molecular flexibility index (Phi) is 1.28. The largest absolute Gasteiger partial charge is 0.252 e. The van der Waals surface area contributed by atoms with Gasteiger partial charge < -0.3 is 0 Å². The van der Waals surface area contributed by atoms with Crippen molar-refractivity contribution in [2.45, 2.75) is 33.2 Å². The maximum atomic E-state index is 4.01. The van der Waals surface area contributed by atoms with Gasteiger partial charge in [-0.1, -0.05) is 12.1 Å². The summed E-state index contributed by atoms with van der Waals surface area (Å²) in [6.07, 6.45) is 4.68. The zero-order valence-corrected chi connectivity index (χ0v) is 7.04. The molecule has 3 heteroatoms. The maximum absolute atomic E-state index is 4.01. The van der Waals surface area contributed by atoms with Gasteiger partial charge in [0.2, 0.25) is 0 Å². The van der Waals surface area contributed by atoms with Gasteiger partial charge in [-0.05, 0) is 25.2 Å². The third-order valence-electron chi connectivity index (χ3n) is 2.30. The highest BCUT2D eigenvalue weighted by molar-refractivity contribution is 4.92. The van der Waals surface area contributed by atoms with Gasteiger partial charge in [0, 0.05) is 12.7 Å². The smallest absolute Gasteiger partial charge is 0.0796 e. The summed E-state index contributed by atoms with van der Waals surface area (Å²) in [5.74, 6) is 0. The summed E-state index contributed by atoms with van der Waals surface area (Å²) in [6.45, 7) is 5.30. The fraction of sp³-hybridized carbons (Fsp3) is 0.750. The van der Waals surface area contributed by atoms with Crippen LogP contribution in [0.25, 0.3) is 0 Å². The molecule has 1 saturated carbocycles. The van der Waals surface area contributed by atoms with Gasteiger partial charge in [0.05, 0.1) is 5.69 Å². The summed E-state index contributed by atoms with van der Waals surface area (Å²) in [4.78, 5) is 0. The lowest BCUT2D eigenvalue weighted by molar-refractivity contribution is 0.424. The predicted molar refractivity (Wildman–Crippen MR) is 42.1 cm³/mol. The zero-order valence-electron chi connectivity index (χ0n) is 7.04. The standard InChI is InChI=1S/C8H13N3/c1-7-5-11(10-9-7)6-8(2)3-4-8/h5H,3-4,6H2,1-2H3. The Morgan fingerprint density at radius 3 is 2.82 bits per heavy atom. The summed E-state index contributed by atoms with van der Waals surface area (Å²) < 4.78 is 1.95. The van der Waals surface area contributed by atoms with Crippen molar-refractivity contribution in [3.63, 3.8) is 0 Å². The Labute approximate surface area is 66.4 Å². The molecule has 1 heterocycles. The summed E-state index contributed by atoms with van der Waals surface area (Å²) in [7, 11) is 0. The van der Waals surface area contributed by atoms with Gasteiger partial charge in [-0.2, -0.15) is 0 Å². The number of rotatable bonds is 2. The third-order valence-corrected chi connectivity index (χ3v) is 2.30. The minimum Gasteiger partial charge on any atom is -0.252 e. The van der Waals surface area contributed by atoms with Gasteiger partial charge in [-0.15, -0.1) is 5.10 Å². The first-order chi connectivity index (χ1) is 5.18. The van der Waals surface area contributed by atoms with E-state index in [1.54, 1.807) is 0 Å². The van der Waals surface area contributed by atoms with Crippen molar-refractivity contribution in [1.82, 2.24) is 15.0 Å². The highest BCUT2D eigenvalue weighted by atomic mass is 15.4. The van der Waals surface area contributed by atoms with E-state index in [2.05, 4.69) is 17.2 Å². The normalized spacial score (nSPS) is 20.2. The van der Waals surface area contributed by atoms with Crippen molar-refractivity contribution in [2.75, 3.05) is 0 Å². The van der Waals surface area contributed by atoms with E-state index >= 15 is 0 Å². The minimum atomic E-state index is 0.528. The number of aryl methyl sites for hydroxylation is 1. The molecule has 1 aliphatic carbocycles. The van der Waals surface area contributed by atoms with Crippen LogP contribution in [0.1, 0.15) is 25.5 Å². The summed E-state index contributed by atoms with van der Waals surface area (Å²) in [5, 5.41) is 7.95. The molecule has 11 heavy (non-hydrogen) atoms. The lowest BCUT2D eigenvalue weighted by Crippen LogP contribution is -2.08. The van der Waals surface area contributed by atoms with Crippen LogP contribution in [0.3, 0.4) is 0 Å². The van der Waals surface area contributed by atoms with E-state index in [9.17, 15) is 0 Å². The Balaban J connectivity index is 2.06. The van der Waals surface area contributed by atoms with Gasteiger partial charge in [-0.3, -0.25) is 4.68 Å². The topological polar surface area (TPSA) is 30.7 Å². The van der Waals surface area contributed by atoms with E-state index in [1.165, 1.54) is 12.8 Å². The Bertz CT molecular complexity index is 260. The third kappa shape index (κ3) is 1.42. The maximum Gasteiger partial charge on any atom is 0.0796 e. The fourth-order valence-electron chi connectivity index (χ4n) is 1.24. The van der Waals surface area contributed by atoms with Crippen LogP contribution in [0.2, 0.25) is 0 Å². The molecule has 1 fully saturated rings. The van der Waals surface area contributed by atoms with Crippen molar-refractivity contribution < 1.29 is 0 Å². The van der Waals surface area contributed by atoms with Crippen molar-refractivity contribution in [2.24, 2.45) is 5.41 Å². The molecule has 0 bridgehead atoms. The van der Waals surface area contributed by atoms with Crippen molar-refractivity contribution in [3.05, 3.63) is 11.9 Å². The molecule has 0 saturated heterocycles. The van der Waals surface area contributed by atoms with Gasteiger partial charge in [-0.25, -0.2) is 0 Å². The van der Waals surface area contributed by atoms with Crippen LogP contribution in [0, 0.1) is 12.3 Å². The van der Waals surface area contributed by atoms with Crippen LogP contribution in [0.4, 0.5) is 0 Å². The average Bonchev–Trinajstić information content (AvgIpc) is 2.49. The average molecular weight is 151 g/mol. The Morgan fingerprint density at radius 1 is 1.64 bits per heavy atom. The van der Waals surface area contributed by atoms with Crippen LogP contribution < -0.4 is 0 Å². The monoisotopic (exact) mass is 151 g/mol. The van der Waals surface area contributed by atoms with Crippen LogP contribution in [0.5, 0.6) is 0 Å². The Morgan fingerprint density at radius 2 is 2.36 bits per heavy atom. The number of hydrogen-bond acceptors (Lipinski definition) is 2. The molecule has 0 atom stereocenters. The molecular formula is C8H13N3. The molecule has 0 spiro atoms. The molecule has 0 unspecified atom stereocenters. The highest BCUT2D eigenvalue weighted by Crippen LogP contribution is 2.46. The van der Waals surface area contributed by atoms with E-state index in [-0.39, 0.29) is 0 Å². The van der Waals surface area contributed by atoms with Gasteiger partial charge >= 0.3 is 0 Å². The first-order valence-electron chi connectivity index (χ1n) is 4.05. The van der Waals surface area contributed by atoms with Crippen LogP contribution in [0.15, 0.2) is 6.20 Å². The molecule has 3 nitrogen and oxygen atoms in total. The first kappa shape index (κ1) is 6.83. The zero-order chi connectivity index (χ0) is 7.90. The fourth-order valence-corrected chi connectivity index (χ4v) is 1.24. The predicted octanol–water partition coefficient (Wildman–Crippen LogP) is 1.39. The molecule has 1 aromatic heterocycles. The van der Waals surface area contributed by atoms with Crippen LogP contribution in [-0.4, -0.2) is 15.0 Å². The molecule has 60 valence electrons.